The van der Waals surface area contributed by atoms with Crippen LogP contribution in [0.4, 0.5) is 5.69 Å². The Bertz CT molecular complexity index is 1290. The summed E-state index contributed by atoms with van der Waals surface area (Å²) in [6.45, 7) is 4.15. The number of hydrogen-bond acceptors (Lipinski definition) is 2. The summed E-state index contributed by atoms with van der Waals surface area (Å²) in [7, 11) is 0. The van der Waals surface area contributed by atoms with E-state index in [1.807, 2.05) is 62.4 Å². The van der Waals surface area contributed by atoms with E-state index in [2.05, 4.69) is 4.98 Å². The van der Waals surface area contributed by atoms with Crippen molar-refractivity contribution in [2.45, 2.75) is 20.4 Å². The number of nitrogens with one attached hydrogen (secondary N) is 1. The number of aromatic amines is 1. The van der Waals surface area contributed by atoms with Crippen molar-refractivity contribution in [3.05, 3.63) is 110 Å². The summed E-state index contributed by atoms with van der Waals surface area (Å²) in [5.41, 5.74) is 4.46. The first-order valence-corrected chi connectivity index (χ1v) is 10.1. The monoisotopic (exact) mass is 416 g/mol. The van der Waals surface area contributed by atoms with Gasteiger partial charge in [0.2, 0.25) is 0 Å². The third-order valence-corrected chi connectivity index (χ3v) is 5.61. The van der Waals surface area contributed by atoms with Crippen molar-refractivity contribution >= 4 is 34.1 Å². The van der Waals surface area contributed by atoms with Gasteiger partial charge in [0.1, 0.15) is 0 Å². The number of aromatic nitrogens is 1. The number of aryl methyl sites for hydroxylation is 1. The number of benzene rings is 3. The maximum Gasteiger partial charge on any atom is 0.258 e. The molecule has 4 aromatic rings. The Hall–Kier alpha value is -3.37. The summed E-state index contributed by atoms with van der Waals surface area (Å²) < 4.78 is 0. The average molecular weight is 417 g/mol. The fourth-order valence-electron chi connectivity index (χ4n) is 3.52. The Morgan fingerprint density at radius 2 is 1.70 bits per heavy atom. The molecule has 0 fully saturated rings. The first-order valence-electron chi connectivity index (χ1n) is 9.68. The molecule has 1 N–H and O–H groups in total. The van der Waals surface area contributed by atoms with E-state index >= 15 is 0 Å². The van der Waals surface area contributed by atoms with Gasteiger partial charge in [0, 0.05) is 27.4 Å². The molecule has 30 heavy (non-hydrogen) atoms. The molecule has 0 radical (unpaired) electrons. The van der Waals surface area contributed by atoms with Crippen molar-refractivity contribution in [2.24, 2.45) is 0 Å². The van der Waals surface area contributed by atoms with Crippen LogP contribution in [0.5, 0.6) is 0 Å². The van der Waals surface area contributed by atoms with E-state index in [4.69, 9.17) is 11.6 Å². The van der Waals surface area contributed by atoms with Crippen LogP contribution in [-0.2, 0) is 6.54 Å². The number of halogens is 1. The molecule has 0 aliphatic heterocycles. The molecule has 1 amide bonds. The minimum atomic E-state index is -0.201. The van der Waals surface area contributed by atoms with E-state index in [-0.39, 0.29) is 18.0 Å². The first-order chi connectivity index (χ1) is 14.4. The highest BCUT2D eigenvalue weighted by atomic mass is 35.5. The highest BCUT2D eigenvalue weighted by Gasteiger charge is 2.21. The van der Waals surface area contributed by atoms with Gasteiger partial charge in [0.15, 0.2) is 0 Å². The van der Waals surface area contributed by atoms with E-state index < -0.39 is 0 Å². The number of hydrogen-bond donors (Lipinski definition) is 1. The van der Waals surface area contributed by atoms with Crippen LogP contribution in [0.25, 0.3) is 10.9 Å². The lowest BCUT2D eigenvalue weighted by atomic mass is 10.0. The number of H-pyrrole nitrogens is 1. The van der Waals surface area contributed by atoms with Crippen LogP contribution in [0.15, 0.2) is 77.6 Å². The molecule has 0 saturated heterocycles. The van der Waals surface area contributed by atoms with Crippen LogP contribution in [-0.4, -0.2) is 10.9 Å². The highest BCUT2D eigenvalue weighted by molar-refractivity contribution is 6.30. The molecule has 1 aromatic heterocycles. The molecule has 0 spiro atoms. The summed E-state index contributed by atoms with van der Waals surface area (Å²) in [5, 5.41) is 1.49. The molecule has 0 aliphatic carbocycles. The zero-order chi connectivity index (χ0) is 21.3. The molecule has 5 heteroatoms. The van der Waals surface area contributed by atoms with Gasteiger partial charge in [0.25, 0.3) is 11.5 Å². The van der Waals surface area contributed by atoms with Gasteiger partial charge in [-0.2, -0.15) is 0 Å². The fraction of sp³-hybridized carbons (Fsp3) is 0.120. The molecule has 4 rings (SSSR count). The Morgan fingerprint density at radius 1 is 0.967 bits per heavy atom. The van der Waals surface area contributed by atoms with Crippen molar-refractivity contribution in [1.29, 1.82) is 0 Å². The van der Waals surface area contributed by atoms with E-state index in [9.17, 15) is 9.59 Å². The lowest BCUT2D eigenvalue weighted by Gasteiger charge is -2.25. The number of rotatable bonds is 4. The number of para-hydroxylation sites is 1. The molecule has 0 bridgehead atoms. The lowest BCUT2D eigenvalue weighted by Crippen LogP contribution is -2.33. The van der Waals surface area contributed by atoms with Crippen LogP contribution in [0, 0.1) is 13.8 Å². The molecular weight excluding hydrogens is 396 g/mol. The van der Waals surface area contributed by atoms with Crippen molar-refractivity contribution in [3.63, 3.8) is 0 Å². The lowest BCUT2D eigenvalue weighted by molar-refractivity contribution is 0.0985. The number of fused-ring (bicyclic) bond motifs is 1. The van der Waals surface area contributed by atoms with Crippen molar-refractivity contribution in [1.82, 2.24) is 4.98 Å². The molecule has 0 unspecified atom stereocenters. The SMILES string of the molecule is Cc1cccc(N(Cc2cc3ccccc3[nH]c2=O)C(=O)c2ccc(Cl)cc2)c1C. The second-order valence-electron chi connectivity index (χ2n) is 7.33. The number of amides is 1. The Kier molecular flexibility index (Phi) is 5.42. The summed E-state index contributed by atoms with van der Waals surface area (Å²) in [6, 6.07) is 22.1. The molecule has 0 aliphatic rings. The zero-order valence-electron chi connectivity index (χ0n) is 16.8. The molecule has 4 nitrogen and oxygen atoms in total. The van der Waals surface area contributed by atoms with Crippen molar-refractivity contribution in [2.75, 3.05) is 4.90 Å². The van der Waals surface area contributed by atoms with Gasteiger partial charge >= 0.3 is 0 Å². The third-order valence-electron chi connectivity index (χ3n) is 5.36. The average Bonchev–Trinajstić information content (AvgIpc) is 2.74. The molecule has 150 valence electrons. The predicted molar refractivity (Wildman–Crippen MR) is 122 cm³/mol. The topological polar surface area (TPSA) is 53.2 Å². The molecule has 1 heterocycles. The van der Waals surface area contributed by atoms with Gasteiger partial charge in [-0.15, -0.1) is 0 Å². The normalized spacial score (nSPS) is 10.9. The largest absolute Gasteiger partial charge is 0.322 e. The second kappa shape index (κ2) is 8.17. The molecule has 3 aromatic carbocycles. The number of anilines is 1. The van der Waals surface area contributed by atoms with E-state index in [1.54, 1.807) is 29.2 Å². The smallest absolute Gasteiger partial charge is 0.258 e. The molecule has 0 atom stereocenters. The summed E-state index contributed by atoms with van der Waals surface area (Å²) in [6.07, 6.45) is 0. The van der Waals surface area contributed by atoms with Gasteiger partial charge in [-0.1, -0.05) is 41.9 Å². The molecule has 0 saturated carbocycles. The van der Waals surface area contributed by atoms with Gasteiger partial charge in [-0.3, -0.25) is 9.59 Å². The second-order valence-corrected chi connectivity index (χ2v) is 7.76. The fourth-order valence-corrected chi connectivity index (χ4v) is 3.65. The third kappa shape index (κ3) is 3.87. The Morgan fingerprint density at radius 3 is 2.47 bits per heavy atom. The zero-order valence-corrected chi connectivity index (χ0v) is 17.5. The van der Waals surface area contributed by atoms with Crippen LogP contribution >= 0.6 is 11.6 Å². The minimum Gasteiger partial charge on any atom is -0.322 e. The summed E-state index contributed by atoms with van der Waals surface area (Å²) >= 11 is 5.99. The maximum absolute atomic E-state index is 13.5. The quantitative estimate of drug-likeness (QED) is 0.467. The van der Waals surface area contributed by atoms with Crippen LogP contribution in [0.2, 0.25) is 5.02 Å². The van der Waals surface area contributed by atoms with E-state index in [1.165, 1.54) is 0 Å². The Labute approximate surface area is 179 Å². The van der Waals surface area contributed by atoms with Crippen LogP contribution < -0.4 is 10.5 Å². The van der Waals surface area contributed by atoms with Gasteiger partial charge in [0.05, 0.1) is 6.54 Å². The standard InChI is InChI=1S/C25H21ClN2O2/c1-16-6-5-9-23(17(16)2)28(25(30)18-10-12-21(26)13-11-18)15-20-14-19-7-3-4-8-22(19)27-24(20)29/h3-14H,15H2,1-2H3,(H,27,29). The number of carbonyl (C=O) groups is 1. The van der Waals surface area contributed by atoms with Gasteiger partial charge in [-0.05, 0) is 72.8 Å². The summed E-state index contributed by atoms with van der Waals surface area (Å²) in [5.74, 6) is -0.187. The van der Waals surface area contributed by atoms with Crippen LogP contribution in [0.1, 0.15) is 27.0 Å². The van der Waals surface area contributed by atoms with E-state index in [0.717, 1.165) is 27.7 Å². The number of pyridine rings is 1. The van der Waals surface area contributed by atoms with Gasteiger partial charge in [-0.25, -0.2) is 0 Å². The highest BCUT2D eigenvalue weighted by Crippen LogP contribution is 2.26. The van der Waals surface area contributed by atoms with Gasteiger partial charge < -0.3 is 9.88 Å². The summed E-state index contributed by atoms with van der Waals surface area (Å²) in [4.78, 5) is 30.8. The van der Waals surface area contributed by atoms with Crippen molar-refractivity contribution < 1.29 is 4.79 Å². The number of nitrogens with zero attached hydrogens (tertiary/aromatic N) is 1. The minimum absolute atomic E-state index is 0.159. The molecular formula is C25H21ClN2O2. The number of carbonyl (C=O) groups excluding carboxylic acids is 1. The Balaban J connectivity index is 1.82. The predicted octanol–water partition coefficient (Wildman–Crippen LogP) is 5.65. The van der Waals surface area contributed by atoms with Crippen LogP contribution in [0.3, 0.4) is 0 Å². The first kappa shape index (κ1) is 19.9. The maximum atomic E-state index is 13.5. The van der Waals surface area contributed by atoms with E-state index in [0.29, 0.717) is 16.1 Å². The van der Waals surface area contributed by atoms with Crippen molar-refractivity contribution in [3.8, 4) is 0 Å².